The third-order valence-electron chi connectivity index (χ3n) is 5.12. The average Bonchev–Trinajstić information content (AvgIpc) is 3.43. The number of hydrogen-bond acceptors (Lipinski definition) is 6. The van der Waals surface area contributed by atoms with Crippen LogP contribution in [0.1, 0.15) is 59.0 Å². The van der Waals surface area contributed by atoms with E-state index in [0.717, 1.165) is 36.6 Å². The fourth-order valence-corrected chi connectivity index (χ4v) is 4.32. The molecule has 27 heavy (non-hydrogen) atoms. The molecule has 0 spiro atoms. The Kier molecular flexibility index (Phi) is 5.07. The van der Waals surface area contributed by atoms with Crippen molar-refractivity contribution in [1.29, 1.82) is 0 Å². The molecule has 0 N–H and O–H groups in total. The molecule has 1 aliphatic rings. The summed E-state index contributed by atoms with van der Waals surface area (Å²) < 4.78 is 7.40. The number of likely N-dealkylation sites (tertiary alicyclic amines) is 1. The monoisotopic (exact) mass is 385 g/mol. The molecule has 1 aliphatic heterocycles. The van der Waals surface area contributed by atoms with E-state index in [9.17, 15) is 4.79 Å². The third kappa shape index (κ3) is 3.53. The van der Waals surface area contributed by atoms with Crippen LogP contribution in [0.5, 0.6) is 0 Å². The van der Waals surface area contributed by atoms with Gasteiger partial charge in [-0.1, -0.05) is 12.1 Å². The standard InChI is InChI=1S/C19H23N5O2S/c1-3-16-17(13(2)26-22-16)19(25)24-7-4-5-14(9-24)18-20-6-8-23(18)10-15-11-27-12-21-15/h6,8,11-12,14H,3-5,7,9-10H2,1-2H3/t14-/m0/s1. The lowest BCUT2D eigenvalue weighted by Gasteiger charge is -2.32. The lowest BCUT2D eigenvalue weighted by atomic mass is 9.96. The van der Waals surface area contributed by atoms with Crippen LogP contribution in [0.4, 0.5) is 0 Å². The van der Waals surface area contributed by atoms with E-state index in [1.807, 2.05) is 29.7 Å². The van der Waals surface area contributed by atoms with Crippen LogP contribution in [0, 0.1) is 6.92 Å². The van der Waals surface area contributed by atoms with Gasteiger partial charge < -0.3 is 14.0 Å². The Labute approximate surface area is 162 Å². The second kappa shape index (κ2) is 7.64. The summed E-state index contributed by atoms with van der Waals surface area (Å²) in [5.74, 6) is 1.87. The van der Waals surface area contributed by atoms with Crippen LogP contribution in [0.2, 0.25) is 0 Å². The molecule has 3 aromatic rings. The van der Waals surface area contributed by atoms with E-state index in [2.05, 4.69) is 25.1 Å². The lowest BCUT2D eigenvalue weighted by molar-refractivity contribution is 0.0700. The number of hydrogen-bond donors (Lipinski definition) is 0. The first-order valence-corrected chi connectivity index (χ1v) is 10.2. The number of thiazole rings is 1. The number of aryl methyl sites for hydroxylation is 2. The Hall–Kier alpha value is -2.48. The molecule has 1 amide bonds. The third-order valence-corrected chi connectivity index (χ3v) is 5.75. The topological polar surface area (TPSA) is 77.0 Å². The highest BCUT2D eigenvalue weighted by Crippen LogP contribution is 2.28. The Bertz CT molecular complexity index is 915. The van der Waals surface area contributed by atoms with E-state index in [1.165, 1.54) is 0 Å². The molecule has 0 unspecified atom stereocenters. The van der Waals surface area contributed by atoms with Gasteiger partial charge in [0.25, 0.3) is 5.91 Å². The van der Waals surface area contributed by atoms with Crippen LogP contribution in [-0.2, 0) is 13.0 Å². The number of nitrogens with zero attached hydrogens (tertiary/aromatic N) is 5. The van der Waals surface area contributed by atoms with E-state index in [4.69, 9.17) is 4.52 Å². The second-order valence-electron chi connectivity index (χ2n) is 6.90. The van der Waals surface area contributed by atoms with Crippen molar-refractivity contribution in [3.63, 3.8) is 0 Å². The number of amides is 1. The number of carbonyl (C=O) groups is 1. The van der Waals surface area contributed by atoms with Crippen LogP contribution in [0.3, 0.4) is 0 Å². The number of imidazole rings is 1. The van der Waals surface area contributed by atoms with E-state index in [1.54, 1.807) is 18.3 Å². The molecule has 0 saturated carbocycles. The van der Waals surface area contributed by atoms with E-state index in [-0.39, 0.29) is 11.8 Å². The van der Waals surface area contributed by atoms with Crippen LogP contribution in [0.15, 0.2) is 27.8 Å². The summed E-state index contributed by atoms with van der Waals surface area (Å²) >= 11 is 1.60. The summed E-state index contributed by atoms with van der Waals surface area (Å²) in [6.45, 7) is 5.94. The number of carbonyl (C=O) groups excluding carboxylic acids is 1. The first-order chi connectivity index (χ1) is 13.2. The van der Waals surface area contributed by atoms with Gasteiger partial charge in [-0.3, -0.25) is 4.79 Å². The highest BCUT2D eigenvalue weighted by Gasteiger charge is 2.31. The lowest BCUT2D eigenvalue weighted by Crippen LogP contribution is -2.40. The van der Waals surface area contributed by atoms with Gasteiger partial charge in [0.05, 0.1) is 23.4 Å². The molecule has 4 heterocycles. The molecule has 1 saturated heterocycles. The minimum absolute atomic E-state index is 0.0212. The molecule has 7 nitrogen and oxygen atoms in total. The van der Waals surface area contributed by atoms with Gasteiger partial charge in [0.1, 0.15) is 17.1 Å². The van der Waals surface area contributed by atoms with Crippen molar-refractivity contribution in [2.24, 2.45) is 0 Å². The molecule has 0 bridgehead atoms. The van der Waals surface area contributed by atoms with Gasteiger partial charge >= 0.3 is 0 Å². The number of aromatic nitrogens is 4. The van der Waals surface area contributed by atoms with Crippen molar-refractivity contribution < 1.29 is 9.32 Å². The molecule has 8 heteroatoms. The van der Waals surface area contributed by atoms with Gasteiger partial charge in [-0.15, -0.1) is 11.3 Å². The van der Waals surface area contributed by atoms with Crippen molar-refractivity contribution in [2.75, 3.05) is 13.1 Å². The molecule has 0 aromatic carbocycles. The van der Waals surface area contributed by atoms with Gasteiger partial charge in [0.15, 0.2) is 0 Å². The van der Waals surface area contributed by atoms with Crippen molar-refractivity contribution in [3.05, 3.63) is 51.8 Å². The zero-order chi connectivity index (χ0) is 18.8. The van der Waals surface area contributed by atoms with Crippen molar-refractivity contribution in [2.45, 2.75) is 45.6 Å². The molecular formula is C19H23N5O2S. The zero-order valence-electron chi connectivity index (χ0n) is 15.6. The van der Waals surface area contributed by atoms with Crippen molar-refractivity contribution in [1.82, 2.24) is 24.6 Å². The molecular weight excluding hydrogens is 362 g/mol. The summed E-state index contributed by atoms with van der Waals surface area (Å²) in [4.78, 5) is 24.0. The van der Waals surface area contributed by atoms with E-state index >= 15 is 0 Å². The second-order valence-corrected chi connectivity index (χ2v) is 7.62. The summed E-state index contributed by atoms with van der Waals surface area (Å²) in [6, 6.07) is 0. The maximum Gasteiger partial charge on any atom is 0.259 e. The summed E-state index contributed by atoms with van der Waals surface area (Å²) in [6.07, 6.45) is 6.51. The normalized spacial score (nSPS) is 17.4. The Morgan fingerprint density at radius 3 is 3.07 bits per heavy atom. The maximum absolute atomic E-state index is 13.1. The first-order valence-electron chi connectivity index (χ1n) is 9.29. The quantitative estimate of drug-likeness (QED) is 0.674. The zero-order valence-corrected chi connectivity index (χ0v) is 16.4. The average molecular weight is 385 g/mol. The highest BCUT2D eigenvalue weighted by molar-refractivity contribution is 7.07. The van der Waals surface area contributed by atoms with Crippen LogP contribution in [-0.4, -0.2) is 43.6 Å². The highest BCUT2D eigenvalue weighted by atomic mass is 32.1. The molecule has 142 valence electrons. The van der Waals surface area contributed by atoms with Gasteiger partial charge in [0, 0.05) is 36.8 Å². The number of piperidine rings is 1. The van der Waals surface area contributed by atoms with E-state index in [0.29, 0.717) is 30.8 Å². The Morgan fingerprint density at radius 1 is 1.41 bits per heavy atom. The van der Waals surface area contributed by atoms with Crippen LogP contribution >= 0.6 is 11.3 Å². The van der Waals surface area contributed by atoms with Crippen molar-refractivity contribution in [3.8, 4) is 0 Å². The number of rotatable bonds is 5. The van der Waals surface area contributed by atoms with Gasteiger partial charge in [-0.05, 0) is 26.2 Å². The summed E-state index contributed by atoms with van der Waals surface area (Å²) in [7, 11) is 0. The Morgan fingerprint density at radius 2 is 2.30 bits per heavy atom. The largest absolute Gasteiger partial charge is 0.361 e. The molecule has 0 radical (unpaired) electrons. The fraction of sp³-hybridized carbons (Fsp3) is 0.474. The molecule has 0 aliphatic carbocycles. The molecule has 3 aromatic heterocycles. The van der Waals surface area contributed by atoms with Gasteiger partial charge in [-0.25, -0.2) is 9.97 Å². The summed E-state index contributed by atoms with van der Waals surface area (Å²) in [5.41, 5.74) is 4.25. The van der Waals surface area contributed by atoms with E-state index < -0.39 is 0 Å². The minimum atomic E-state index is 0.0212. The van der Waals surface area contributed by atoms with Crippen LogP contribution in [0.25, 0.3) is 0 Å². The Balaban J connectivity index is 1.53. The maximum atomic E-state index is 13.1. The molecule has 1 atom stereocenters. The molecule has 4 rings (SSSR count). The fourth-order valence-electron chi connectivity index (χ4n) is 3.77. The van der Waals surface area contributed by atoms with Crippen molar-refractivity contribution >= 4 is 17.2 Å². The van der Waals surface area contributed by atoms with Gasteiger partial charge in [0.2, 0.25) is 0 Å². The summed E-state index contributed by atoms with van der Waals surface area (Å²) in [5, 5.41) is 6.09. The van der Waals surface area contributed by atoms with Gasteiger partial charge in [-0.2, -0.15) is 0 Å². The minimum Gasteiger partial charge on any atom is -0.361 e. The first kappa shape index (κ1) is 17.9. The molecule has 1 fully saturated rings. The smallest absolute Gasteiger partial charge is 0.259 e. The SMILES string of the molecule is CCc1noc(C)c1C(=O)N1CCC[C@H](c2nccn2Cc2cscn2)C1. The van der Waals surface area contributed by atoms with Crippen LogP contribution < -0.4 is 0 Å². The predicted molar refractivity (Wildman–Crippen MR) is 102 cm³/mol. The predicted octanol–water partition coefficient (Wildman–Crippen LogP) is 3.27.